The number of nitrogens with zero attached hydrogens (tertiary/aromatic N) is 1. The highest BCUT2D eigenvalue weighted by molar-refractivity contribution is 6.08. The topological polar surface area (TPSA) is 87.7 Å². The zero-order valence-electron chi connectivity index (χ0n) is 14.9. The maximum Gasteiger partial charge on any atom is 0.573 e. The van der Waals surface area contributed by atoms with Crippen LogP contribution in [0.25, 0.3) is 0 Å². The highest BCUT2D eigenvalue weighted by Gasteiger charge is 2.38. The molecule has 0 saturated carbocycles. The molecule has 1 fully saturated rings. The second-order valence-corrected chi connectivity index (χ2v) is 6.24. The standard InChI is InChI=1S/C19H16F3N3O4/c20-19(21,22)29-14-8-6-13(7-9-14)23-16(26)11-25-17(27)15(24-18(25)28)10-12-4-2-1-3-5-12/h1-9,15H,10-11H2,(H,23,26)(H,24,28)/t15-/m1/s1. The number of rotatable bonds is 6. The number of ether oxygens (including phenoxy) is 1. The van der Waals surface area contributed by atoms with E-state index < -0.39 is 42.5 Å². The summed E-state index contributed by atoms with van der Waals surface area (Å²) in [5.74, 6) is -1.63. The number of urea groups is 1. The lowest BCUT2D eigenvalue weighted by Gasteiger charge is -2.13. The number of benzene rings is 2. The number of imide groups is 1. The van der Waals surface area contributed by atoms with Crippen molar-refractivity contribution in [3.8, 4) is 5.75 Å². The number of nitrogens with one attached hydrogen (secondary N) is 2. The first-order valence-electron chi connectivity index (χ1n) is 8.53. The Morgan fingerprint density at radius 2 is 1.72 bits per heavy atom. The number of alkyl halides is 3. The number of amides is 4. The zero-order valence-corrected chi connectivity index (χ0v) is 14.9. The molecule has 0 aromatic heterocycles. The minimum Gasteiger partial charge on any atom is -0.406 e. The Morgan fingerprint density at radius 3 is 2.34 bits per heavy atom. The van der Waals surface area contributed by atoms with Gasteiger partial charge in [-0.25, -0.2) is 4.79 Å². The molecule has 152 valence electrons. The van der Waals surface area contributed by atoms with Gasteiger partial charge in [0.15, 0.2) is 0 Å². The summed E-state index contributed by atoms with van der Waals surface area (Å²) in [6.45, 7) is -0.517. The highest BCUT2D eigenvalue weighted by Crippen LogP contribution is 2.24. The summed E-state index contributed by atoms with van der Waals surface area (Å²) in [4.78, 5) is 37.4. The lowest BCUT2D eigenvalue weighted by molar-refractivity contribution is -0.274. The van der Waals surface area contributed by atoms with Crippen molar-refractivity contribution in [2.75, 3.05) is 11.9 Å². The highest BCUT2D eigenvalue weighted by atomic mass is 19.4. The predicted octanol–water partition coefficient (Wildman–Crippen LogP) is 2.69. The van der Waals surface area contributed by atoms with E-state index in [4.69, 9.17) is 0 Å². The van der Waals surface area contributed by atoms with Crippen LogP contribution in [-0.4, -0.2) is 41.7 Å². The van der Waals surface area contributed by atoms with Crippen molar-refractivity contribution in [2.45, 2.75) is 18.8 Å². The zero-order chi connectivity index (χ0) is 21.0. The Hall–Kier alpha value is -3.56. The molecule has 1 aliphatic rings. The van der Waals surface area contributed by atoms with Crippen LogP contribution >= 0.6 is 0 Å². The molecule has 3 rings (SSSR count). The van der Waals surface area contributed by atoms with Gasteiger partial charge < -0.3 is 15.4 Å². The van der Waals surface area contributed by atoms with E-state index in [0.29, 0.717) is 6.42 Å². The molecule has 2 aromatic carbocycles. The quantitative estimate of drug-likeness (QED) is 0.721. The van der Waals surface area contributed by atoms with E-state index in [9.17, 15) is 27.6 Å². The Bertz CT molecular complexity index is 901. The van der Waals surface area contributed by atoms with Gasteiger partial charge in [-0.05, 0) is 29.8 Å². The molecule has 0 radical (unpaired) electrons. The van der Waals surface area contributed by atoms with Crippen LogP contribution in [0.2, 0.25) is 0 Å². The van der Waals surface area contributed by atoms with E-state index in [1.807, 2.05) is 30.3 Å². The molecular formula is C19H16F3N3O4. The third kappa shape index (κ3) is 5.47. The number of hydrogen-bond acceptors (Lipinski definition) is 4. The maximum absolute atomic E-state index is 12.4. The van der Waals surface area contributed by atoms with E-state index in [0.717, 1.165) is 22.6 Å². The van der Waals surface area contributed by atoms with Crippen LogP contribution < -0.4 is 15.4 Å². The van der Waals surface area contributed by atoms with Crippen LogP contribution in [0, 0.1) is 0 Å². The van der Waals surface area contributed by atoms with E-state index in [1.54, 1.807) is 0 Å². The second kappa shape index (κ2) is 8.21. The maximum atomic E-state index is 12.4. The molecule has 1 heterocycles. The van der Waals surface area contributed by atoms with E-state index in [-0.39, 0.29) is 5.69 Å². The first kappa shape index (κ1) is 20.2. The fourth-order valence-electron chi connectivity index (χ4n) is 2.80. The van der Waals surface area contributed by atoms with Crippen molar-refractivity contribution in [2.24, 2.45) is 0 Å². The first-order valence-corrected chi connectivity index (χ1v) is 8.53. The van der Waals surface area contributed by atoms with Crippen molar-refractivity contribution in [3.05, 3.63) is 60.2 Å². The molecule has 7 nitrogen and oxygen atoms in total. The number of carbonyl (C=O) groups is 3. The normalized spacial score (nSPS) is 16.5. The lowest BCUT2D eigenvalue weighted by Crippen LogP contribution is -2.38. The van der Waals surface area contributed by atoms with Crippen molar-refractivity contribution >= 4 is 23.5 Å². The van der Waals surface area contributed by atoms with Gasteiger partial charge in [0.25, 0.3) is 5.91 Å². The molecule has 2 aromatic rings. The summed E-state index contributed by atoms with van der Waals surface area (Å²) in [7, 11) is 0. The minimum absolute atomic E-state index is 0.192. The second-order valence-electron chi connectivity index (χ2n) is 6.24. The van der Waals surface area contributed by atoms with Gasteiger partial charge in [-0.2, -0.15) is 0 Å². The molecule has 2 N–H and O–H groups in total. The average molecular weight is 407 g/mol. The third-order valence-electron chi connectivity index (χ3n) is 4.06. The van der Waals surface area contributed by atoms with Gasteiger partial charge >= 0.3 is 12.4 Å². The van der Waals surface area contributed by atoms with Gasteiger partial charge in [0.1, 0.15) is 18.3 Å². The van der Waals surface area contributed by atoms with E-state index in [2.05, 4.69) is 15.4 Å². The molecule has 0 unspecified atom stereocenters. The first-order chi connectivity index (χ1) is 13.7. The Morgan fingerprint density at radius 1 is 1.07 bits per heavy atom. The molecular weight excluding hydrogens is 391 g/mol. The van der Waals surface area contributed by atoms with Gasteiger partial charge in [-0.15, -0.1) is 13.2 Å². The Kier molecular flexibility index (Phi) is 5.71. The summed E-state index contributed by atoms with van der Waals surface area (Å²) in [5.41, 5.74) is 1.05. The molecule has 1 saturated heterocycles. The molecule has 10 heteroatoms. The van der Waals surface area contributed by atoms with Crippen LogP contribution in [0.5, 0.6) is 5.75 Å². The lowest BCUT2D eigenvalue weighted by atomic mass is 10.1. The van der Waals surface area contributed by atoms with E-state index in [1.165, 1.54) is 12.1 Å². The van der Waals surface area contributed by atoms with Crippen LogP contribution in [0.1, 0.15) is 5.56 Å². The average Bonchev–Trinajstić information content (AvgIpc) is 2.90. The molecule has 0 bridgehead atoms. The van der Waals surface area contributed by atoms with Crippen molar-refractivity contribution in [3.63, 3.8) is 0 Å². The Labute approximate surface area is 163 Å². The fraction of sp³-hybridized carbons (Fsp3) is 0.211. The van der Waals surface area contributed by atoms with Crippen molar-refractivity contribution in [1.82, 2.24) is 10.2 Å². The van der Waals surface area contributed by atoms with Crippen molar-refractivity contribution in [1.29, 1.82) is 0 Å². The summed E-state index contributed by atoms with van der Waals surface area (Å²) in [5, 5.41) is 4.95. The predicted molar refractivity (Wildman–Crippen MR) is 95.9 cm³/mol. The van der Waals surface area contributed by atoms with Crippen LogP contribution in [0.4, 0.5) is 23.7 Å². The van der Waals surface area contributed by atoms with Crippen molar-refractivity contribution < 1.29 is 32.3 Å². The molecule has 1 aliphatic heterocycles. The van der Waals surface area contributed by atoms with Gasteiger partial charge in [0.2, 0.25) is 5.91 Å². The summed E-state index contributed by atoms with van der Waals surface area (Å²) in [6.07, 6.45) is -4.52. The molecule has 4 amide bonds. The summed E-state index contributed by atoms with van der Waals surface area (Å²) < 4.78 is 40.2. The number of hydrogen-bond donors (Lipinski definition) is 2. The fourth-order valence-corrected chi connectivity index (χ4v) is 2.80. The van der Waals surface area contributed by atoms with Gasteiger partial charge in [0, 0.05) is 12.1 Å². The van der Waals surface area contributed by atoms with Gasteiger partial charge in [-0.3, -0.25) is 14.5 Å². The molecule has 29 heavy (non-hydrogen) atoms. The number of anilines is 1. The monoisotopic (exact) mass is 407 g/mol. The number of carbonyl (C=O) groups excluding carboxylic acids is 3. The van der Waals surface area contributed by atoms with Gasteiger partial charge in [0.05, 0.1) is 0 Å². The molecule has 1 atom stereocenters. The van der Waals surface area contributed by atoms with Gasteiger partial charge in [-0.1, -0.05) is 30.3 Å². The molecule has 0 aliphatic carbocycles. The third-order valence-corrected chi connectivity index (χ3v) is 4.06. The Balaban J connectivity index is 1.56. The summed E-state index contributed by atoms with van der Waals surface area (Å²) >= 11 is 0. The van der Waals surface area contributed by atoms with Crippen LogP contribution in [-0.2, 0) is 16.0 Å². The molecule has 0 spiro atoms. The smallest absolute Gasteiger partial charge is 0.406 e. The van der Waals surface area contributed by atoms with Crippen LogP contribution in [0.3, 0.4) is 0 Å². The minimum atomic E-state index is -4.81. The van der Waals surface area contributed by atoms with E-state index >= 15 is 0 Å². The van der Waals surface area contributed by atoms with Crippen LogP contribution in [0.15, 0.2) is 54.6 Å². The largest absolute Gasteiger partial charge is 0.573 e. The number of halogens is 3. The summed E-state index contributed by atoms with van der Waals surface area (Å²) in [6, 6.07) is 12.1. The SMILES string of the molecule is O=C(CN1C(=O)N[C@H](Cc2ccccc2)C1=O)Nc1ccc(OC(F)(F)F)cc1.